The van der Waals surface area contributed by atoms with Crippen LogP contribution in [0.1, 0.15) is 27.7 Å². The minimum atomic E-state index is -0.678. The summed E-state index contributed by atoms with van der Waals surface area (Å²) < 4.78 is 5.42. The zero-order valence-corrected chi connectivity index (χ0v) is 7.62. The molecule has 1 heterocycles. The van der Waals surface area contributed by atoms with Crippen LogP contribution >= 0.6 is 11.6 Å². The highest BCUT2D eigenvalue weighted by atomic mass is 35.5. The highest BCUT2D eigenvalue weighted by Crippen LogP contribution is 2.31. The molecule has 0 aromatic rings. The molecular weight excluding hydrogens is 150 g/mol. The van der Waals surface area contributed by atoms with Gasteiger partial charge in [-0.1, -0.05) is 11.6 Å². The van der Waals surface area contributed by atoms with Crippen LogP contribution in [-0.4, -0.2) is 16.8 Å². The maximum atomic E-state index is 5.91. The zero-order chi connectivity index (χ0) is 7.99. The van der Waals surface area contributed by atoms with Gasteiger partial charge in [0, 0.05) is 5.54 Å². The SMILES string of the molecule is C[C@H]1OC(C)(Cl)NC1(C)C. The highest BCUT2D eigenvalue weighted by molar-refractivity contribution is 6.22. The molecule has 0 radical (unpaired) electrons. The third kappa shape index (κ3) is 1.44. The van der Waals surface area contributed by atoms with Crippen molar-refractivity contribution in [3.63, 3.8) is 0 Å². The second-order valence-electron chi connectivity index (χ2n) is 3.52. The molecule has 60 valence electrons. The number of rotatable bonds is 0. The Morgan fingerprint density at radius 3 is 2.00 bits per heavy atom. The Balaban J connectivity index is 2.71. The molecule has 0 saturated carbocycles. The van der Waals surface area contributed by atoms with E-state index in [1.165, 1.54) is 0 Å². The van der Waals surface area contributed by atoms with Crippen LogP contribution in [0, 0.1) is 0 Å². The second-order valence-corrected chi connectivity index (χ2v) is 4.24. The number of hydrogen-bond donors (Lipinski definition) is 1. The molecule has 1 unspecified atom stereocenters. The number of nitrogens with one attached hydrogen (secondary N) is 1. The molecule has 10 heavy (non-hydrogen) atoms. The molecule has 0 amide bonds. The summed E-state index contributed by atoms with van der Waals surface area (Å²) in [5.74, 6) is 0. The van der Waals surface area contributed by atoms with Crippen molar-refractivity contribution in [1.82, 2.24) is 5.32 Å². The van der Waals surface area contributed by atoms with Gasteiger partial charge in [0.05, 0.1) is 6.10 Å². The first-order valence-electron chi connectivity index (χ1n) is 3.49. The van der Waals surface area contributed by atoms with Crippen LogP contribution in [0.2, 0.25) is 0 Å². The molecule has 2 atom stereocenters. The lowest BCUT2D eigenvalue weighted by atomic mass is 10.0. The van der Waals surface area contributed by atoms with E-state index < -0.39 is 5.18 Å². The molecule has 0 bridgehead atoms. The van der Waals surface area contributed by atoms with Crippen LogP contribution in [0.15, 0.2) is 0 Å². The minimum absolute atomic E-state index is 0.0174. The normalized spacial score (nSPS) is 45.9. The summed E-state index contributed by atoms with van der Waals surface area (Å²) in [6.07, 6.45) is 0.162. The molecule has 1 saturated heterocycles. The summed E-state index contributed by atoms with van der Waals surface area (Å²) in [6, 6.07) is 0. The van der Waals surface area contributed by atoms with Crippen LogP contribution in [0.3, 0.4) is 0 Å². The maximum Gasteiger partial charge on any atom is 0.194 e. The molecule has 1 rings (SSSR count). The Labute approximate surface area is 66.9 Å². The van der Waals surface area contributed by atoms with Crippen molar-refractivity contribution < 1.29 is 4.74 Å². The molecule has 0 spiro atoms. The lowest BCUT2D eigenvalue weighted by molar-refractivity contribution is 0.0246. The topological polar surface area (TPSA) is 21.3 Å². The summed E-state index contributed by atoms with van der Waals surface area (Å²) in [6.45, 7) is 7.98. The van der Waals surface area contributed by atoms with Crippen LogP contribution in [0.25, 0.3) is 0 Å². The van der Waals surface area contributed by atoms with Crippen LogP contribution < -0.4 is 5.32 Å². The number of hydrogen-bond acceptors (Lipinski definition) is 2. The quantitative estimate of drug-likeness (QED) is 0.434. The van der Waals surface area contributed by atoms with Crippen molar-refractivity contribution in [3.05, 3.63) is 0 Å². The summed E-state index contributed by atoms with van der Waals surface area (Å²) in [5.41, 5.74) is -0.0174. The lowest BCUT2D eigenvalue weighted by Crippen LogP contribution is -2.44. The minimum Gasteiger partial charge on any atom is -0.342 e. The van der Waals surface area contributed by atoms with E-state index in [0.29, 0.717) is 0 Å². The first-order valence-corrected chi connectivity index (χ1v) is 3.87. The van der Waals surface area contributed by atoms with E-state index >= 15 is 0 Å². The predicted molar refractivity (Wildman–Crippen MR) is 42.0 cm³/mol. The standard InChI is InChI=1S/C7H14ClNO/c1-5-6(2,3)9-7(4,8)10-5/h5,9H,1-4H3/t5-,7?/m1/s1. The molecule has 2 nitrogen and oxygen atoms in total. The molecule has 0 aliphatic carbocycles. The molecular formula is C7H14ClNO. The highest BCUT2D eigenvalue weighted by Gasteiger charge is 2.44. The van der Waals surface area contributed by atoms with Crippen molar-refractivity contribution >= 4 is 11.6 Å². The van der Waals surface area contributed by atoms with Crippen LogP contribution in [-0.2, 0) is 4.74 Å². The van der Waals surface area contributed by atoms with Gasteiger partial charge in [0.1, 0.15) is 0 Å². The Bertz CT molecular complexity index is 145. The molecule has 3 heteroatoms. The fraction of sp³-hybridized carbons (Fsp3) is 1.00. The van der Waals surface area contributed by atoms with Gasteiger partial charge >= 0.3 is 0 Å². The van der Waals surface area contributed by atoms with Crippen LogP contribution in [0.4, 0.5) is 0 Å². The van der Waals surface area contributed by atoms with Crippen molar-refractivity contribution in [2.45, 2.75) is 44.5 Å². The van der Waals surface area contributed by atoms with Crippen molar-refractivity contribution in [2.75, 3.05) is 0 Å². The van der Waals surface area contributed by atoms with Gasteiger partial charge in [-0.2, -0.15) is 0 Å². The van der Waals surface area contributed by atoms with Gasteiger partial charge in [-0.15, -0.1) is 0 Å². The number of alkyl halides is 1. The van der Waals surface area contributed by atoms with E-state index in [1.807, 2.05) is 13.8 Å². The average molecular weight is 164 g/mol. The Morgan fingerprint density at radius 1 is 1.40 bits per heavy atom. The summed E-state index contributed by atoms with van der Waals surface area (Å²) >= 11 is 5.91. The van der Waals surface area contributed by atoms with Gasteiger partial charge < -0.3 is 4.74 Å². The fourth-order valence-electron chi connectivity index (χ4n) is 1.19. The molecule has 1 N–H and O–H groups in total. The van der Waals surface area contributed by atoms with Crippen molar-refractivity contribution in [1.29, 1.82) is 0 Å². The average Bonchev–Trinajstić information content (AvgIpc) is 1.73. The third-order valence-corrected chi connectivity index (χ3v) is 2.14. The summed E-state index contributed by atoms with van der Waals surface area (Å²) in [7, 11) is 0. The van der Waals surface area contributed by atoms with E-state index in [2.05, 4.69) is 19.2 Å². The van der Waals surface area contributed by atoms with Gasteiger partial charge in [-0.3, -0.25) is 5.32 Å². The Kier molecular flexibility index (Phi) is 1.74. The molecule has 1 aliphatic heterocycles. The zero-order valence-electron chi connectivity index (χ0n) is 6.86. The summed E-state index contributed by atoms with van der Waals surface area (Å²) in [4.78, 5) is 0. The third-order valence-electron chi connectivity index (χ3n) is 1.96. The summed E-state index contributed by atoms with van der Waals surface area (Å²) in [5, 5.41) is 2.48. The lowest BCUT2D eigenvalue weighted by Gasteiger charge is -2.21. The van der Waals surface area contributed by atoms with E-state index in [9.17, 15) is 0 Å². The van der Waals surface area contributed by atoms with E-state index in [4.69, 9.17) is 16.3 Å². The van der Waals surface area contributed by atoms with E-state index in [1.54, 1.807) is 0 Å². The Hall–Kier alpha value is 0.210. The van der Waals surface area contributed by atoms with E-state index in [-0.39, 0.29) is 11.6 Å². The maximum absolute atomic E-state index is 5.91. The second kappa shape index (κ2) is 2.10. The predicted octanol–water partition coefficient (Wildman–Crippen LogP) is 1.69. The molecule has 0 aromatic heterocycles. The monoisotopic (exact) mass is 163 g/mol. The first kappa shape index (κ1) is 8.31. The first-order chi connectivity index (χ1) is 4.33. The van der Waals surface area contributed by atoms with Gasteiger partial charge in [0.2, 0.25) is 0 Å². The molecule has 1 fully saturated rings. The van der Waals surface area contributed by atoms with Gasteiger partial charge in [-0.05, 0) is 27.7 Å². The number of ether oxygens (including phenoxy) is 1. The van der Waals surface area contributed by atoms with Crippen LogP contribution in [0.5, 0.6) is 0 Å². The molecule has 1 aliphatic rings. The van der Waals surface area contributed by atoms with Crippen molar-refractivity contribution in [3.8, 4) is 0 Å². The number of halogens is 1. The van der Waals surface area contributed by atoms with Crippen molar-refractivity contribution in [2.24, 2.45) is 0 Å². The molecule has 0 aromatic carbocycles. The van der Waals surface area contributed by atoms with Gasteiger partial charge in [0.25, 0.3) is 0 Å². The van der Waals surface area contributed by atoms with E-state index in [0.717, 1.165) is 0 Å². The largest absolute Gasteiger partial charge is 0.342 e. The fourth-order valence-corrected chi connectivity index (χ4v) is 1.56. The van der Waals surface area contributed by atoms with Gasteiger partial charge in [0.15, 0.2) is 5.18 Å². The smallest absolute Gasteiger partial charge is 0.194 e. The van der Waals surface area contributed by atoms with Gasteiger partial charge in [-0.25, -0.2) is 0 Å². The Morgan fingerprint density at radius 2 is 1.90 bits per heavy atom.